The molecule has 2 heterocycles. The quantitative estimate of drug-likeness (QED) is 0.678. The fraction of sp³-hybridized carbons (Fsp3) is 0. The molecule has 2 aromatic heterocycles. The second kappa shape index (κ2) is 4.95. The summed E-state index contributed by atoms with van der Waals surface area (Å²) in [6.07, 6.45) is 1.75. The normalized spacial score (nSPS) is 10.8. The second-order valence-electron chi connectivity index (χ2n) is 3.60. The van der Waals surface area contributed by atoms with E-state index in [0.29, 0.717) is 0 Å². The van der Waals surface area contributed by atoms with Crippen LogP contribution in [-0.4, -0.2) is 9.97 Å². The Labute approximate surface area is 125 Å². The molecule has 0 fully saturated rings. The van der Waals surface area contributed by atoms with Gasteiger partial charge in [-0.05, 0) is 50.1 Å². The minimum Gasteiger partial charge on any atom is -0.315 e. The molecule has 0 bridgehead atoms. The van der Waals surface area contributed by atoms with Crippen LogP contribution in [0.4, 0.5) is 10.9 Å². The summed E-state index contributed by atoms with van der Waals surface area (Å²) in [5, 5.41) is 4.06. The first-order valence-electron chi connectivity index (χ1n) is 5.16. The average Bonchev–Trinajstić information content (AvgIpc) is 2.75. The van der Waals surface area contributed by atoms with Gasteiger partial charge in [0.05, 0.1) is 14.7 Å². The summed E-state index contributed by atoms with van der Waals surface area (Å²) in [6, 6.07) is 10.0. The van der Waals surface area contributed by atoms with Crippen LogP contribution in [0.15, 0.2) is 45.5 Å². The molecule has 3 nitrogen and oxygen atoms in total. The van der Waals surface area contributed by atoms with Crippen molar-refractivity contribution in [3.63, 3.8) is 0 Å². The maximum Gasteiger partial charge on any atom is 0.189 e. The molecule has 0 aliphatic carbocycles. The van der Waals surface area contributed by atoms with Gasteiger partial charge in [-0.1, -0.05) is 23.5 Å². The van der Waals surface area contributed by atoms with Crippen molar-refractivity contribution in [1.82, 2.24) is 9.97 Å². The smallest absolute Gasteiger partial charge is 0.189 e. The van der Waals surface area contributed by atoms with Crippen molar-refractivity contribution in [3.05, 3.63) is 45.5 Å². The van der Waals surface area contributed by atoms with Crippen molar-refractivity contribution < 1.29 is 0 Å². The Morgan fingerprint density at radius 1 is 1.17 bits per heavy atom. The van der Waals surface area contributed by atoms with Gasteiger partial charge in [-0.2, -0.15) is 0 Å². The van der Waals surface area contributed by atoms with Gasteiger partial charge in [0.2, 0.25) is 0 Å². The summed E-state index contributed by atoms with van der Waals surface area (Å²) in [6.45, 7) is 0. The van der Waals surface area contributed by atoms with E-state index in [2.05, 4.69) is 53.2 Å². The number of nitrogens with zero attached hydrogens (tertiary/aromatic N) is 2. The first-order valence-corrected chi connectivity index (χ1v) is 7.56. The Morgan fingerprint density at radius 3 is 2.78 bits per heavy atom. The number of halogens is 2. The lowest BCUT2D eigenvalue weighted by molar-refractivity contribution is 1.27. The van der Waals surface area contributed by atoms with Gasteiger partial charge in [-0.3, -0.25) is 0 Å². The topological polar surface area (TPSA) is 37.8 Å². The number of pyridine rings is 1. The van der Waals surface area contributed by atoms with Crippen molar-refractivity contribution in [3.8, 4) is 0 Å². The molecule has 0 amide bonds. The lowest BCUT2D eigenvalue weighted by Gasteiger charge is -2.03. The van der Waals surface area contributed by atoms with Gasteiger partial charge in [-0.25, -0.2) is 9.97 Å². The van der Waals surface area contributed by atoms with Crippen LogP contribution in [0.25, 0.3) is 10.2 Å². The van der Waals surface area contributed by atoms with Crippen molar-refractivity contribution in [2.24, 2.45) is 0 Å². The average molecular weight is 385 g/mol. The third-order valence-corrected chi connectivity index (χ3v) is 4.32. The molecular formula is C12H7Br2N3S. The molecule has 0 radical (unpaired) electrons. The summed E-state index contributed by atoms with van der Waals surface area (Å²) in [5.74, 6) is 0.761. The molecule has 0 spiro atoms. The standard InChI is InChI=1S/C12H7Br2N3S/c13-7-5-8(14)11(15-6-7)17-12-16-9-3-1-2-4-10(9)18-12/h1-6H,(H,15,16,17). The number of rotatable bonds is 2. The zero-order valence-corrected chi connectivity index (χ0v) is 13.0. The van der Waals surface area contributed by atoms with Gasteiger partial charge in [0.25, 0.3) is 0 Å². The van der Waals surface area contributed by atoms with Crippen LogP contribution in [0.1, 0.15) is 0 Å². The molecule has 18 heavy (non-hydrogen) atoms. The van der Waals surface area contributed by atoms with E-state index in [4.69, 9.17) is 0 Å². The summed E-state index contributed by atoms with van der Waals surface area (Å²) >= 11 is 8.46. The van der Waals surface area contributed by atoms with E-state index < -0.39 is 0 Å². The lowest BCUT2D eigenvalue weighted by atomic mass is 10.3. The predicted molar refractivity (Wildman–Crippen MR) is 82.5 cm³/mol. The number of hydrogen-bond acceptors (Lipinski definition) is 4. The molecule has 0 aliphatic heterocycles. The van der Waals surface area contributed by atoms with Gasteiger partial charge in [-0.15, -0.1) is 0 Å². The Morgan fingerprint density at radius 2 is 2.00 bits per heavy atom. The molecule has 3 rings (SSSR count). The largest absolute Gasteiger partial charge is 0.315 e. The third-order valence-electron chi connectivity index (χ3n) is 2.33. The molecule has 0 unspecified atom stereocenters. The van der Waals surface area contributed by atoms with Crippen LogP contribution in [0.2, 0.25) is 0 Å². The van der Waals surface area contributed by atoms with Crippen molar-refractivity contribution >= 4 is 64.4 Å². The third kappa shape index (κ3) is 2.41. The van der Waals surface area contributed by atoms with E-state index in [0.717, 1.165) is 30.1 Å². The van der Waals surface area contributed by atoms with Crippen molar-refractivity contribution in [2.45, 2.75) is 0 Å². The molecule has 0 saturated carbocycles. The van der Waals surface area contributed by atoms with Gasteiger partial charge < -0.3 is 5.32 Å². The summed E-state index contributed by atoms with van der Waals surface area (Å²) in [7, 11) is 0. The highest BCUT2D eigenvalue weighted by Crippen LogP contribution is 2.30. The maximum atomic E-state index is 4.51. The van der Waals surface area contributed by atoms with Crippen LogP contribution in [0.3, 0.4) is 0 Å². The molecule has 90 valence electrons. The Kier molecular flexibility index (Phi) is 3.32. The van der Waals surface area contributed by atoms with E-state index >= 15 is 0 Å². The molecule has 3 aromatic rings. The van der Waals surface area contributed by atoms with Crippen LogP contribution in [-0.2, 0) is 0 Å². The van der Waals surface area contributed by atoms with Gasteiger partial charge in [0.1, 0.15) is 5.82 Å². The molecule has 6 heteroatoms. The number of aromatic nitrogens is 2. The summed E-state index contributed by atoms with van der Waals surface area (Å²) in [4.78, 5) is 8.81. The maximum absolute atomic E-state index is 4.51. The highest BCUT2D eigenvalue weighted by molar-refractivity contribution is 9.11. The zero-order chi connectivity index (χ0) is 12.5. The Bertz CT molecular complexity index is 678. The van der Waals surface area contributed by atoms with Crippen LogP contribution < -0.4 is 5.32 Å². The van der Waals surface area contributed by atoms with E-state index in [-0.39, 0.29) is 0 Å². The molecule has 0 atom stereocenters. The zero-order valence-electron chi connectivity index (χ0n) is 9.02. The minimum absolute atomic E-state index is 0.761. The van der Waals surface area contributed by atoms with E-state index in [1.165, 1.54) is 0 Å². The number of hydrogen-bond donors (Lipinski definition) is 1. The highest BCUT2D eigenvalue weighted by atomic mass is 79.9. The number of thiazole rings is 1. The molecule has 1 aromatic carbocycles. The molecule has 0 aliphatic rings. The summed E-state index contributed by atoms with van der Waals surface area (Å²) < 4.78 is 2.99. The Balaban J connectivity index is 1.96. The van der Waals surface area contributed by atoms with Crippen molar-refractivity contribution in [2.75, 3.05) is 5.32 Å². The Hall–Kier alpha value is -0.980. The van der Waals surface area contributed by atoms with Crippen LogP contribution in [0, 0.1) is 0 Å². The number of anilines is 2. The minimum atomic E-state index is 0.761. The van der Waals surface area contributed by atoms with Crippen molar-refractivity contribution in [1.29, 1.82) is 0 Å². The fourth-order valence-corrected chi connectivity index (χ4v) is 3.48. The fourth-order valence-electron chi connectivity index (χ4n) is 1.53. The molecular weight excluding hydrogens is 378 g/mol. The summed E-state index contributed by atoms with van der Waals surface area (Å²) in [5.41, 5.74) is 0.998. The highest BCUT2D eigenvalue weighted by Gasteiger charge is 2.07. The number of para-hydroxylation sites is 1. The van der Waals surface area contributed by atoms with Crippen LogP contribution >= 0.6 is 43.2 Å². The monoisotopic (exact) mass is 383 g/mol. The first-order chi connectivity index (χ1) is 8.72. The molecule has 1 N–H and O–H groups in total. The first kappa shape index (κ1) is 12.1. The number of nitrogens with one attached hydrogen (secondary N) is 1. The van der Waals surface area contributed by atoms with Gasteiger partial charge in [0.15, 0.2) is 5.13 Å². The molecule has 0 saturated heterocycles. The van der Waals surface area contributed by atoms with Crippen LogP contribution in [0.5, 0.6) is 0 Å². The predicted octanol–water partition coefficient (Wildman–Crippen LogP) is 4.96. The van der Waals surface area contributed by atoms with E-state index in [9.17, 15) is 0 Å². The SMILES string of the molecule is Brc1cnc(Nc2nc3ccccc3s2)c(Br)c1. The van der Waals surface area contributed by atoms with Gasteiger partial charge in [0, 0.05) is 10.7 Å². The number of fused-ring (bicyclic) bond motifs is 1. The van der Waals surface area contributed by atoms with Gasteiger partial charge >= 0.3 is 0 Å². The lowest BCUT2D eigenvalue weighted by Crippen LogP contribution is -1.93. The second-order valence-corrected chi connectivity index (χ2v) is 6.40. The van der Waals surface area contributed by atoms with E-state index in [1.54, 1.807) is 17.5 Å². The van der Waals surface area contributed by atoms with E-state index in [1.807, 2.05) is 24.3 Å². The number of benzene rings is 1.